The van der Waals surface area contributed by atoms with Crippen molar-refractivity contribution in [1.29, 1.82) is 0 Å². The van der Waals surface area contributed by atoms with Crippen LogP contribution < -0.4 is 0 Å². The lowest BCUT2D eigenvalue weighted by Crippen LogP contribution is -2.02. The second-order valence-corrected chi connectivity index (χ2v) is 6.53. The Kier molecular flexibility index (Phi) is 3.50. The topological polar surface area (TPSA) is 20.2 Å². The normalized spacial score (nSPS) is 13.6. The zero-order chi connectivity index (χ0) is 16.7. The largest absolute Gasteiger partial charge is 0.507 e. The monoisotopic (exact) mass is 312 g/mol. The van der Waals surface area contributed by atoms with Gasteiger partial charge in [0.2, 0.25) is 0 Å². The number of hydrogen-bond donors (Lipinski definition) is 1. The molecule has 0 aliphatic heterocycles. The summed E-state index contributed by atoms with van der Waals surface area (Å²) in [6.45, 7) is 4.33. The van der Waals surface area contributed by atoms with Crippen molar-refractivity contribution >= 4 is 21.9 Å². The molecular formula is C23H20O. The van der Waals surface area contributed by atoms with Crippen molar-refractivity contribution in [1.82, 2.24) is 0 Å². The van der Waals surface area contributed by atoms with Gasteiger partial charge in [0, 0.05) is 5.56 Å². The Morgan fingerprint density at radius 2 is 1.54 bits per heavy atom. The lowest BCUT2D eigenvalue weighted by molar-refractivity contribution is 0.474. The number of phenolic OH excluding ortho intramolecular Hbond substituents is 1. The summed E-state index contributed by atoms with van der Waals surface area (Å²) in [5.41, 5.74) is 7.28. The first-order valence-corrected chi connectivity index (χ1v) is 8.34. The molecule has 1 aliphatic rings. The Bertz CT molecular complexity index is 1000. The molecule has 3 aromatic carbocycles. The van der Waals surface area contributed by atoms with Gasteiger partial charge in [-0.3, -0.25) is 0 Å². The Morgan fingerprint density at radius 3 is 2.33 bits per heavy atom. The third-order valence-electron chi connectivity index (χ3n) is 4.83. The smallest absolute Gasteiger partial charge is 0.124 e. The SMILES string of the molecule is CC(C)=C1CC=C(c2c(O)ccc3ccccc23)c2ccccc21. The quantitative estimate of drug-likeness (QED) is 0.569. The summed E-state index contributed by atoms with van der Waals surface area (Å²) in [5.74, 6) is 0.343. The van der Waals surface area contributed by atoms with E-state index in [1.165, 1.54) is 22.3 Å². The molecule has 0 heterocycles. The van der Waals surface area contributed by atoms with Crippen LogP contribution in [0.4, 0.5) is 0 Å². The van der Waals surface area contributed by atoms with Gasteiger partial charge in [-0.1, -0.05) is 66.2 Å². The maximum absolute atomic E-state index is 10.6. The van der Waals surface area contributed by atoms with Crippen molar-refractivity contribution in [3.8, 4) is 5.75 Å². The summed E-state index contributed by atoms with van der Waals surface area (Å²) in [4.78, 5) is 0. The minimum atomic E-state index is 0.343. The average Bonchev–Trinajstić information content (AvgIpc) is 2.61. The van der Waals surface area contributed by atoms with Crippen LogP contribution >= 0.6 is 0 Å². The van der Waals surface area contributed by atoms with Crippen LogP contribution in [0.5, 0.6) is 5.75 Å². The molecule has 0 amide bonds. The van der Waals surface area contributed by atoms with Gasteiger partial charge in [-0.2, -0.15) is 0 Å². The molecule has 0 saturated carbocycles. The van der Waals surface area contributed by atoms with E-state index in [2.05, 4.69) is 56.3 Å². The molecule has 4 rings (SSSR count). The highest BCUT2D eigenvalue weighted by atomic mass is 16.3. The molecular weight excluding hydrogens is 292 g/mol. The first-order chi connectivity index (χ1) is 11.7. The minimum absolute atomic E-state index is 0.343. The Labute approximate surface area is 142 Å². The maximum Gasteiger partial charge on any atom is 0.124 e. The van der Waals surface area contributed by atoms with Crippen LogP contribution in [0.15, 0.2) is 72.3 Å². The summed E-state index contributed by atoms with van der Waals surface area (Å²) in [7, 11) is 0. The molecule has 1 nitrogen and oxygen atoms in total. The van der Waals surface area contributed by atoms with Gasteiger partial charge in [0.15, 0.2) is 0 Å². The van der Waals surface area contributed by atoms with E-state index in [4.69, 9.17) is 0 Å². The van der Waals surface area contributed by atoms with Crippen molar-refractivity contribution in [3.63, 3.8) is 0 Å². The molecule has 24 heavy (non-hydrogen) atoms. The molecule has 0 aromatic heterocycles. The van der Waals surface area contributed by atoms with Gasteiger partial charge in [0.1, 0.15) is 5.75 Å². The fourth-order valence-electron chi connectivity index (χ4n) is 3.66. The van der Waals surface area contributed by atoms with Crippen LogP contribution in [-0.4, -0.2) is 5.11 Å². The lowest BCUT2D eigenvalue weighted by Gasteiger charge is -2.23. The van der Waals surface area contributed by atoms with Crippen molar-refractivity contribution in [2.45, 2.75) is 20.3 Å². The van der Waals surface area contributed by atoms with Gasteiger partial charge in [-0.05, 0) is 59.4 Å². The van der Waals surface area contributed by atoms with E-state index in [9.17, 15) is 5.11 Å². The summed E-state index contributed by atoms with van der Waals surface area (Å²) in [6.07, 6.45) is 3.16. The van der Waals surface area contributed by atoms with Crippen LogP contribution in [0.25, 0.3) is 21.9 Å². The van der Waals surface area contributed by atoms with E-state index >= 15 is 0 Å². The highest BCUT2D eigenvalue weighted by molar-refractivity contribution is 6.03. The van der Waals surface area contributed by atoms with Gasteiger partial charge in [0.25, 0.3) is 0 Å². The number of phenols is 1. The van der Waals surface area contributed by atoms with Gasteiger partial charge in [0.05, 0.1) is 0 Å². The molecule has 0 atom stereocenters. The second kappa shape index (κ2) is 5.68. The summed E-state index contributed by atoms with van der Waals surface area (Å²) in [6, 6.07) is 20.5. The summed E-state index contributed by atoms with van der Waals surface area (Å²) < 4.78 is 0. The molecule has 1 aliphatic carbocycles. The zero-order valence-electron chi connectivity index (χ0n) is 14.0. The molecule has 0 bridgehead atoms. The number of aromatic hydroxyl groups is 1. The van der Waals surface area contributed by atoms with Gasteiger partial charge < -0.3 is 5.11 Å². The third-order valence-corrected chi connectivity index (χ3v) is 4.83. The van der Waals surface area contributed by atoms with E-state index in [0.29, 0.717) is 5.75 Å². The standard InChI is InChI=1S/C23H20O/c1-15(2)17-12-13-21(20-10-6-5-9-19(17)20)23-18-8-4-3-7-16(18)11-14-22(23)24/h3-11,13-14,24H,12H2,1-2H3. The molecule has 1 heteroatoms. The summed E-state index contributed by atoms with van der Waals surface area (Å²) >= 11 is 0. The first-order valence-electron chi connectivity index (χ1n) is 8.34. The molecule has 3 aromatic rings. The Hall–Kier alpha value is -2.80. The van der Waals surface area contributed by atoms with Gasteiger partial charge in [-0.15, -0.1) is 0 Å². The first kappa shape index (κ1) is 14.8. The van der Waals surface area contributed by atoms with Gasteiger partial charge in [-0.25, -0.2) is 0 Å². The fourth-order valence-corrected chi connectivity index (χ4v) is 3.66. The molecule has 0 saturated heterocycles. The van der Waals surface area contributed by atoms with Gasteiger partial charge >= 0.3 is 0 Å². The van der Waals surface area contributed by atoms with Crippen molar-refractivity contribution < 1.29 is 5.11 Å². The zero-order valence-corrected chi connectivity index (χ0v) is 14.0. The Balaban J connectivity index is 2.03. The number of benzene rings is 3. The highest BCUT2D eigenvalue weighted by Gasteiger charge is 2.21. The number of hydrogen-bond acceptors (Lipinski definition) is 1. The molecule has 0 fully saturated rings. The fraction of sp³-hybridized carbons (Fsp3) is 0.130. The van der Waals surface area contributed by atoms with E-state index in [-0.39, 0.29) is 0 Å². The number of fused-ring (bicyclic) bond motifs is 2. The number of rotatable bonds is 1. The van der Waals surface area contributed by atoms with Crippen molar-refractivity contribution in [2.75, 3.05) is 0 Å². The van der Waals surface area contributed by atoms with Crippen LogP contribution in [-0.2, 0) is 0 Å². The lowest BCUT2D eigenvalue weighted by atomic mass is 9.81. The minimum Gasteiger partial charge on any atom is -0.507 e. The second-order valence-electron chi connectivity index (χ2n) is 6.53. The Morgan fingerprint density at radius 1 is 0.833 bits per heavy atom. The maximum atomic E-state index is 10.6. The van der Waals surface area contributed by atoms with E-state index in [1.54, 1.807) is 6.07 Å². The number of allylic oxidation sites excluding steroid dienone is 3. The van der Waals surface area contributed by atoms with Crippen molar-refractivity contribution in [2.24, 2.45) is 0 Å². The third kappa shape index (κ3) is 2.25. The molecule has 118 valence electrons. The van der Waals surface area contributed by atoms with E-state index in [0.717, 1.165) is 28.3 Å². The van der Waals surface area contributed by atoms with Crippen LogP contribution in [0.3, 0.4) is 0 Å². The van der Waals surface area contributed by atoms with Crippen LogP contribution in [0.2, 0.25) is 0 Å². The van der Waals surface area contributed by atoms with E-state index < -0.39 is 0 Å². The molecule has 0 unspecified atom stereocenters. The molecule has 0 radical (unpaired) electrons. The molecule has 0 spiro atoms. The van der Waals surface area contributed by atoms with E-state index in [1.807, 2.05) is 18.2 Å². The predicted octanol–water partition coefficient (Wildman–Crippen LogP) is 6.17. The van der Waals surface area contributed by atoms with Crippen LogP contribution in [0.1, 0.15) is 37.0 Å². The summed E-state index contributed by atoms with van der Waals surface area (Å²) in [5, 5.41) is 12.9. The molecule has 1 N–H and O–H groups in total. The van der Waals surface area contributed by atoms with Crippen molar-refractivity contribution in [3.05, 3.63) is 89.0 Å². The van der Waals surface area contributed by atoms with Crippen LogP contribution in [0, 0.1) is 0 Å². The average molecular weight is 312 g/mol. The predicted molar refractivity (Wildman–Crippen MR) is 102 cm³/mol. The highest BCUT2D eigenvalue weighted by Crippen LogP contribution is 2.43.